The van der Waals surface area contributed by atoms with Gasteiger partial charge in [-0.15, -0.1) is 11.3 Å². The Labute approximate surface area is 166 Å². The highest BCUT2D eigenvalue weighted by Crippen LogP contribution is 2.30. The fourth-order valence-electron chi connectivity index (χ4n) is 4.25. The van der Waals surface area contributed by atoms with Crippen LogP contribution in [0.1, 0.15) is 51.9 Å². The maximum Gasteiger partial charge on any atom is 0.252 e. The SMILES string of the molecule is CCCN(C(=O)C1CCN(S(=O)(=O)c2cccs2)CC1)[C@H]1CCCC[C@@H]1O. The van der Waals surface area contributed by atoms with Gasteiger partial charge in [0.25, 0.3) is 10.0 Å². The number of aliphatic hydroxyl groups is 1. The molecule has 1 amide bonds. The summed E-state index contributed by atoms with van der Waals surface area (Å²) in [5, 5.41) is 12.2. The van der Waals surface area contributed by atoms with Crippen LogP contribution in [-0.4, -0.2) is 60.4 Å². The Morgan fingerprint density at radius 2 is 1.96 bits per heavy atom. The van der Waals surface area contributed by atoms with Crippen molar-refractivity contribution < 1.29 is 18.3 Å². The van der Waals surface area contributed by atoms with Crippen molar-refractivity contribution in [3.8, 4) is 0 Å². The van der Waals surface area contributed by atoms with Gasteiger partial charge in [-0.1, -0.05) is 25.8 Å². The molecule has 3 rings (SSSR count). The van der Waals surface area contributed by atoms with Gasteiger partial charge in [-0.05, 0) is 43.6 Å². The fraction of sp³-hybridized carbons (Fsp3) is 0.737. The predicted octanol–water partition coefficient (Wildman–Crippen LogP) is 2.69. The molecule has 0 bridgehead atoms. The first-order valence-electron chi connectivity index (χ1n) is 9.97. The monoisotopic (exact) mass is 414 g/mol. The quantitative estimate of drug-likeness (QED) is 0.776. The Kier molecular flexibility index (Phi) is 6.94. The molecule has 1 aliphatic carbocycles. The van der Waals surface area contributed by atoms with Crippen LogP contribution in [0.15, 0.2) is 21.7 Å². The smallest absolute Gasteiger partial charge is 0.252 e. The van der Waals surface area contributed by atoms with Crippen molar-refractivity contribution in [3.05, 3.63) is 17.5 Å². The van der Waals surface area contributed by atoms with E-state index >= 15 is 0 Å². The predicted molar refractivity (Wildman–Crippen MR) is 106 cm³/mol. The summed E-state index contributed by atoms with van der Waals surface area (Å²) in [5.41, 5.74) is 0. The lowest BCUT2D eigenvalue weighted by atomic mass is 9.89. The summed E-state index contributed by atoms with van der Waals surface area (Å²) in [5.74, 6) is -0.0589. The zero-order valence-corrected chi connectivity index (χ0v) is 17.6. The number of nitrogens with zero attached hydrogens (tertiary/aromatic N) is 2. The molecule has 2 heterocycles. The molecule has 1 aliphatic heterocycles. The molecule has 1 aromatic rings. The Bertz CT molecular complexity index is 712. The van der Waals surface area contributed by atoms with Crippen LogP contribution in [0.4, 0.5) is 0 Å². The molecule has 1 saturated carbocycles. The third-order valence-corrected chi connectivity index (χ3v) is 9.01. The highest BCUT2D eigenvalue weighted by molar-refractivity contribution is 7.91. The number of sulfonamides is 1. The average molecular weight is 415 g/mol. The largest absolute Gasteiger partial charge is 0.391 e. The molecule has 2 aliphatic rings. The van der Waals surface area contributed by atoms with E-state index in [0.29, 0.717) is 36.7 Å². The second kappa shape index (κ2) is 9.03. The summed E-state index contributed by atoms with van der Waals surface area (Å²) in [6.07, 6.45) is 5.21. The third-order valence-electron chi connectivity index (χ3n) is 5.73. The Balaban J connectivity index is 1.64. The molecule has 6 nitrogen and oxygen atoms in total. The molecule has 1 N–H and O–H groups in total. The topological polar surface area (TPSA) is 77.9 Å². The van der Waals surface area contributed by atoms with Crippen LogP contribution in [0.3, 0.4) is 0 Å². The normalized spacial score (nSPS) is 25.4. The third kappa shape index (κ3) is 4.55. The lowest BCUT2D eigenvalue weighted by Gasteiger charge is -2.40. The molecule has 8 heteroatoms. The number of rotatable bonds is 6. The second-order valence-corrected chi connectivity index (χ2v) is 10.7. The van der Waals surface area contributed by atoms with Crippen molar-refractivity contribution in [2.45, 2.75) is 68.2 Å². The van der Waals surface area contributed by atoms with E-state index in [1.807, 2.05) is 11.8 Å². The molecular formula is C19H30N2O4S2. The van der Waals surface area contributed by atoms with E-state index in [0.717, 1.165) is 32.1 Å². The van der Waals surface area contributed by atoms with Crippen LogP contribution in [0.2, 0.25) is 0 Å². The number of aliphatic hydroxyl groups excluding tert-OH is 1. The van der Waals surface area contributed by atoms with E-state index in [2.05, 4.69) is 0 Å². The summed E-state index contributed by atoms with van der Waals surface area (Å²) < 4.78 is 27.2. The summed E-state index contributed by atoms with van der Waals surface area (Å²) in [4.78, 5) is 15.1. The first kappa shape index (κ1) is 20.8. The minimum atomic E-state index is -3.44. The lowest BCUT2D eigenvalue weighted by molar-refractivity contribution is -0.143. The van der Waals surface area contributed by atoms with E-state index in [4.69, 9.17) is 0 Å². The number of piperidine rings is 1. The van der Waals surface area contributed by atoms with Crippen LogP contribution < -0.4 is 0 Å². The molecule has 0 aromatic carbocycles. The summed E-state index contributed by atoms with van der Waals surface area (Å²) in [6, 6.07) is 3.29. The van der Waals surface area contributed by atoms with Gasteiger partial charge in [0, 0.05) is 25.6 Å². The van der Waals surface area contributed by atoms with E-state index < -0.39 is 16.1 Å². The van der Waals surface area contributed by atoms with Crippen molar-refractivity contribution in [2.24, 2.45) is 5.92 Å². The van der Waals surface area contributed by atoms with Crippen molar-refractivity contribution in [1.29, 1.82) is 0 Å². The van der Waals surface area contributed by atoms with Gasteiger partial charge in [-0.2, -0.15) is 4.31 Å². The van der Waals surface area contributed by atoms with Crippen LogP contribution in [0.25, 0.3) is 0 Å². The number of carbonyl (C=O) groups excluding carboxylic acids is 1. The summed E-state index contributed by atoms with van der Waals surface area (Å²) in [7, 11) is -3.44. The molecule has 1 saturated heterocycles. The maximum atomic E-state index is 13.2. The Morgan fingerprint density at radius 3 is 2.56 bits per heavy atom. The molecule has 0 spiro atoms. The van der Waals surface area contributed by atoms with Crippen molar-refractivity contribution in [1.82, 2.24) is 9.21 Å². The molecular weight excluding hydrogens is 384 g/mol. The van der Waals surface area contributed by atoms with Gasteiger partial charge in [0.1, 0.15) is 4.21 Å². The standard InChI is InChI=1S/C19H30N2O4S2/c1-2-11-21(16-6-3-4-7-17(16)22)19(23)15-9-12-20(13-10-15)27(24,25)18-8-5-14-26-18/h5,8,14-17,22H,2-4,6-7,9-13H2,1H3/t16-,17-/m0/s1. The van der Waals surface area contributed by atoms with Gasteiger partial charge in [0.15, 0.2) is 0 Å². The summed E-state index contributed by atoms with van der Waals surface area (Å²) >= 11 is 1.23. The van der Waals surface area contributed by atoms with E-state index in [9.17, 15) is 18.3 Å². The van der Waals surface area contributed by atoms with Crippen LogP contribution in [-0.2, 0) is 14.8 Å². The molecule has 0 unspecified atom stereocenters. The minimum Gasteiger partial charge on any atom is -0.391 e. The van der Waals surface area contributed by atoms with E-state index in [-0.39, 0.29) is 17.9 Å². The zero-order chi connectivity index (χ0) is 19.4. The lowest BCUT2D eigenvalue weighted by Crippen LogP contribution is -2.52. The van der Waals surface area contributed by atoms with Crippen LogP contribution in [0.5, 0.6) is 0 Å². The van der Waals surface area contributed by atoms with Crippen LogP contribution in [0, 0.1) is 5.92 Å². The van der Waals surface area contributed by atoms with Gasteiger partial charge in [0.05, 0.1) is 12.1 Å². The number of thiophene rings is 1. The fourth-order valence-corrected chi connectivity index (χ4v) is 6.86. The van der Waals surface area contributed by atoms with Crippen LogP contribution >= 0.6 is 11.3 Å². The van der Waals surface area contributed by atoms with E-state index in [1.54, 1.807) is 17.5 Å². The van der Waals surface area contributed by atoms with Gasteiger partial charge in [0.2, 0.25) is 5.91 Å². The minimum absolute atomic E-state index is 0.0842. The first-order valence-corrected chi connectivity index (χ1v) is 12.3. The van der Waals surface area contributed by atoms with E-state index in [1.165, 1.54) is 15.6 Å². The molecule has 152 valence electrons. The molecule has 2 atom stereocenters. The average Bonchev–Trinajstić information content (AvgIpc) is 3.22. The van der Waals surface area contributed by atoms with Crippen molar-refractivity contribution in [3.63, 3.8) is 0 Å². The number of amides is 1. The van der Waals surface area contributed by atoms with Gasteiger partial charge >= 0.3 is 0 Å². The molecule has 27 heavy (non-hydrogen) atoms. The Morgan fingerprint density at radius 1 is 1.26 bits per heavy atom. The maximum absolute atomic E-state index is 13.2. The van der Waals surface area contributed by atoms with Gasteiger partial charge < -0.3 is 10.0 Å². The van der Waals surface area contributed by atoms with Crippen molar-refractivity contribution in [2.75, 3.05) is 19.6 Å². The number of hydrogen-bond acceptors (Lipinski definition) is 5. The van der Waals surface area contributed by atoms with Gasteiger partial charge in [-0.25, -0.2) is 8.42 Å². The van der Waals surface area contributed by atoms with Crippen molar-refractivity contribution >= 4 is 27.3 Å². The number of carbonyl (C=O) groups is 1. The summed E-state index contributed by atoms with van der Waals surface area (Å²) in [6.45, 7) is 3.47. The first-order chi connectivity index (χ1) is 12.9. The number of hydrogen-bond donors (Lipinski definition) is 1. The van der Waals surface area contributed by atoms with Gasteiger partial charge in [-0.3, -0.25) is 4.79 Å². The highest BCUT2D eigenvalue weighted by atomic mass is 32.2. The Hall–Kier alpha value is -0.960. The molecule has 1 aromatic heterocycles. The second-order valence-electron chi connectivity index (χ2n) is 7.56. The highest BCUT2D eigenvalue weighted by Gasteiger charge is 2.37. The zero-order valence-electron chi connectivity index (χ0n) is 15.9. The molecule has 2 fully saturated rings. The molecule has 0 radical (unpaired) electrons.